The molecule has 0 aliphatic rings. The molecule has 3 aromatic rings. The fourth-order valence-electron chi connectivity index (χ4n) is 3.24. The Morgan fingerprint density at radius 1 is 0.824 bits per heavy atom. The smallest absolute Gasteiger partial charge is 0.408 e. The highest BCUT2D eigenvalue weighted by atomic mass is 16.6. The highest BCUT2D eigenvalue weighted by molar-refractivity contribution is 5.94. The van der Waals surface area contributed by atoms with Crippen molar-refractivity contribution in [1.29, 1.82) is 0 Å². The van der Waals surface area contributed by atoms with Crippen molar-refractivity contribution in [2.45, 2.75) is 32.9 Å². The van der Waals surface area contributed by atoms with E-state index in [0.29, 0.717) is 5.69 Å². The molecule has 176 valence electrons. The largest absolute Gasteiger partial charge is 0.454 e. The molecule has 0 saturated heterocycles. The molecule has 0 spiro atoms. The third kappa shape index (κ3) is 7.78. The molecule has 3 rings (SSSR count). The van der Waals surface area contributed by atoms with Gasteiger partial charge in [0.2, 0.25) is 0 Å². The Hall–Kier alpha value is -4.13. The molecule has 0 unspecified atom stereocenters. The van der Waals surface area contributed by atoms with Crippen LogP contribution < -0.4 is 10.6 Å². The summed E-state index contributed by atoms with van der Waals surface area (Å²) in [6.45, 7) is 3.39. The summed E-state index contributed by atoms with van der Waals surface area (Å²) in [7, 11) is 0. The molecule has 2 amide bonds. The van der Waals surface area contributed by atoms with Gasteiger partial charge in [0.1, 0.15) is 12.6 Å². The van der Waals surface area contributed by atoms with E-state index in [1.54, 1.807) is 0 Å². The zero-order chi connectivity index (χ0) is 24.3. The van der Waals surface area contributed by atoms with Gasteiger partial charge in [-0.15, -0.1) is 0 Å². The van der Waals surface area contributed by atoms with Crippen molar-refractivity contribution >= 4 is 23.7 Å². The number of carbonyl (C=O) groups is 3. The maximum absolute atomic E-state index is 12.8. The number of anilines is 1. The van der Waals surface area contributed by atoms with E-state index in [9.17, 15) is 14.4 Å². The predicted molar refractivity (Wildman–Crippen MR) is 129 cm³/mol. The summed E-state index contributed by atoms with van der Waals surface area (Å²) in [6, 6.07) is 23.1. The van der Waals surface area contributed by atoms with E-state index < -0.39 is 30.6 Å². The summed E-state index contributed by atoms with van der Waals surface area (Å²) < 4.78 is 10.5. The molecule has 0 aliphatic heterocycles. The van der Waals surface area contributed by atoms with Gasteiger partial charge in [-0.05, 0) is 42.2 Å². The second-order valence-corrected chi connectivity index (χ2v) is 7.92. The Balaban J connectivity index is 1.58. The van der Waals surface area contributed by atoms with Crippen LogP contribution in [0.3, 0.4) is 0 Å². The molecule has 3 aromatic carbocycles. The Morgan fingerprint density at radius 2 is 1.47 bits per heavy atom. The first-order chi connectivity index (χ1) is 16.4. The van der Waals surface area contributed by atoms with Crippen LogP contribution in [-0.4, -0.2) is 30.6 Å². The fraction of sp³-hybridized carbons (Fsp3) is 0.222. The normalized spacial score (nSPS) is 11.2. The SMILES string of the molecule is Cc1ccc(C)c(NC(=O)COC(=O)[C@H](Cc2ccccc2)NC(=O)OCc2ccccc2)c1. The van der Waals surface area contributed by atoms with Crippen LogP contribution >= 0.6 is 0 Å². The molecule has 0 aromatic heterocycles. The molecule has 34 heavy (non-hydrogen) atoms. The van der Waals surface area contributed by atoms with Crippen molar-refractivity contribution < 1.29 is 23.9 Å². The van der Waals surface area contributed by atoms with Crippen LogP contribution in [-0.2, 0) is 32.1 Å². The van der Waals surface area contributed by atoms with Crippen molar-refractivity contribution in [3.63, 3.8) is 0 Å². The molecule has 0 aliphatic carbocycles. The first-order valence-electron chi connectivity index (χ1n) is 11.0. The topological polar surface area (TPSA) is 93.7 Å². The number of aryl methyl sites for hydroxylation is 2. The number of ether oxygens (including phenoxy) is 2. The predicted octanol–water partition coefficient (Wildman–Crippen LogP) is 4.32. The van der Waals surface area contributed by atoms with Crippen molar-refractivity contribution in [3.8, 4) is 0 Å². The van der Waals surface area contributed by atoms with Crippen LogP contribution in [0.4, 0.5) is 10.5 Å². The number of benzene rings is 3. The molecule has 0 fully saturated rings. The van der Waals surface area contributed by atoms with E-state index in [4.69, 9.17) is 9.47 Å². The number of esters is 1. The number of amides is 2. The maximum atomic E-state index is 12.8. The monoisotopic (exact) mass is 460 g/mol. The van der Waals surface area contributed by atoms with Crippen LogP contribution in [0.1, 0.15) is 22.3 Å². The standard InChI is InChI=1S/C27H28N2O5/c1-19-13-14-20(2)23(15-19)28-25(30)18-33-26(31)24(16-21-9-5-3-6-10-21)29-27(32)34-17-22-11-7-4-8-12-22/h3-15,24H,16-18H2,1-2H3,(H,28,30)(H,29,32)/t24-/m0/s1. The third-order valence-corrected chi connectivity index (χ3v) is 5.08. The highest BCUT2D eigenvalue weighted by Gasteiger charge is 2.24. The number of carbonyl (C=O) groups excluding carboxylic acids is 3. The van der Waals surface area contributed by atoms with E-state index in [1.165, 1.54) is 0 Å². The maximum Gasteiger partial charge on any atom is 0.408 e. The molecule has 7 heteroatoms. The first kappa shape index (κ1) is 24.5. The lowest BCUT2D eigenvalue weighted by molar-refractivity contribution is -0.149. The van der Waals surface area contributed by atoms with E-state index in [1.807, 2.05) is 92.7 Å². The lowest BCUT2D eigenvalue weighted by atomic mass is 10.1. The Bertz CT molecular complexity index is 1120. The van der Waals surface area contributed by atoms with Crippen LogP contribution in [0.5, 0.6) is 0 Å². The Labute approximate surface area is 199 Å². The van der Waals surface area contributed by atoms with Crippen molar-refractivity contribution in [2.24, 2.45) is 0 Å². The van der Waals surface area contributed by atoms with Crippen LogP contribution in [0, 0.1) is 13.8 Å². The van der Waals surface area contributed by atoms with Gasteiger partial charge in [-0.3, -0.25) is 4.79 Å². The minimum atomic E-state index is -1.01. The summed E-state index contributed by atoms with van der Waals surface area (Å²) in [5, 5.41) is 5.30. The molecular formula is C27H28N2O5. The van der Waals surface area contributed by atoms with Crippen molar-refractivity contribution in [1.82, 2.24) is 5.32 Å². The average molecular weight is 461 g/mol. The minimum Gasteiger partial charge on any atom is -0.454 e. The average Bonchev–Trinajstić information content (AvgIpc) is 2.84. The molecule has 1 atom stereocenters. The van der Waals surface area contributed by atoms with Gasteiger partial charge in [-0.25, -0.2) is 9.59 Å². The van der Waals surface area contributed by atoms with Gasteiger partial charge in [0, 0.05) is 12.1 Å². The zero-order valence-electron chi connectivity index (χ0n) is 19.2. The Morgan fingerprint density at radius 3 is 2.15 bits per heavy atom. The first-order valence-corrected chi connectivity index (χ1v) is 11.0. The van der Waals surface area contributed by atoms with E-state index in [0.717, 1.165) is 22.3 Å². The summed E-state index contributed by atoms with van der Waals surface area (Å²) in [4.78, 5) is 37.5. The molecule has 7 nitrogen and oxygen atoms in total. The molecule has 0 radical (unpaired) electrons. The van der Waals surface area contributed by atoms with Gasteiger partial charge in [-0.2, -0.15) is 0 Å². The lowest BCUT2D eigenvalue weighted by Crippen LogP contribution is -2.44. The quantitative estimate of drug-likeness (QED) is 0.464. The van der Waals surface area contributed by atoms with Crippen LogP contribution in [0.15, 0.2) is 78.9 Å². The molecule has 0 saturated carbocycles. The summed E-state index contributed by atoms with van der Waals surface area (Å²) in [6.07, 6.45) is -0.555. The molecule has 0 bridgehead atoms. The number of hydrogen-bond donors (Lipinski definition) is 2. The molecular weight excluding hydrogens is 432 g/mol. The zero-order valence-corrected chi connectivity index (χ0v) is 19.2. The van der Waals surface area contributed by atoms with E-state index >= 15 is 0 Å². The molecule has 2 N–H and O–H groups in total. The summed E-state index contributed by atoms with van der Waals surface area (Å²) >= 11 is 0. The summed E-state index contributed by atoms with van der Waals surface area (Å²) in [5.74, 6) is -1.19. The van der Waals surface area contributed by atoms with Gasteiger partial charge >= 0.3 is 12.1 Å². The Kier molecular flexibility index (Phi) is 8.80. The highest BCUT2D eigenvalue weighted by Crippen LogP contribution is 2.16. The van der Waals surface area contributed by atoms with Crippen molar-refractivity contribution in [3.05, 3.63) is 101 Å². The number of rotatable bonds is 9. The molecule has 0 heterocycles. The van der Waals surface area contributed by atoms with Crippen molar-refractivity contribution in [2.75, 3.05) is 11.9 Å². The fourth-order valence-corrected chi connectivity index (χ4v) is 3.24. The van der Waals surface area contributed by atoms with E-state index in [-0.39, 0.29) is 13.0 Å². The van der Waals surface area contributed by atoms with Gasteiger partial charge < -0.3 is 20.1 Å². The lowest BCUT2D eigenvalue weighted by Gasteiger charge is -2.18. The summed E-state index contributed by atoms with van der Waals surface area (Å²) in [5.41, 5.74) is 4.20. The second-order valence-electron chi connectivity index (χ2n) is 7.92. The third-order valence-electron chi connectivity index (χ3n) is 5.08. The van der Waals surface area contributed by atoms with Gasteiger partial charge in [0.25, 0.3) is 5.91 Å². The number of alkyl carbamates (subject to hydrolysis) is 1. The van der Waals surface area contributed by atoms with Gasteiger partial charge in [-0.1, -0.05) is 72.8 Å². The van der Waals surface area contributed by atoms with E-state index in [2.05, 4.69) is 10.6 Å². The van der Waals surface area contributed by atoms with Gasteiger partial charge in [0.05, 0.1) is 0 Å². The second kappa shape index (κ2) is 12.2. The minimum absolute atomic E-state index is 0.0675. The number of nitrogens with one attached hydrogen (secondary N) is 2. The van der Waals surface area contributed by atoms with Gasteiger partial charge in [0.15, 0.2) is 6.61 Å². The van der Waals surface area contributed by atoms with Crippen LogP contribution in [0.2, 0.25) is 0 Å². The number of hydrogen-bond acceptors (Lipinski definition) is 5. The van der Waals surface area contributed by atoms with Crippen LogP contribution in [0.25, 0.3) is 0 Å².